The molecular formula is C15H25NO. The van der Waals surface area contributed by atoms with Crippen LogP contribution >= 0.6 is 0 Å². The Balaban J connectivity index is 2.69. The van der Waals surface area contributed by atoms with Crippen molar-refractivity contribution in [3.63, 3.8) is 0 Å². The normalized spacial score (nSPS) is 14.4. The quantitative estimate of drug-likeness (QED) is 0.821. The van der Waals surface area contributed by atoms with E-state index in [0.717, 1.165) is 18.6 Å². The van der Waals surface area contributed by atoms with Crippen LogP contribution in [0.5, 0.6) is 5.75 Å². The molecule has 0 radical (unpaired) electrons. The van der Waals surface area contributed by atoms with Crippen molar-refractivity contribution in [1.82, 2.24) is 0 Å². The van der Waals surface area contributed by atoms with Gasteiger partial charge in [-0.3, -0.25) is 0 Å². The van der Waals surface area contributed by atoms with Gasteiger partial charge in [-0.05, 0) is 37.3 Å². The molecule has 0 aliphatic carbocycles. The predicted octanol–water partition coefficient (Wildman–Crippen LogP) is 3.31. The van der Waals surface area contributed by atoms with Gasteiger partial charge in [-0.15, -0.1) is 0 Å². The van der Waals surface area contributed by atoms with Crippen LogP contribution < -0.4 is 10.5 Å². The molecule has 1 aromatic rings. The second kappa shape index (κ2) is 6.65. The van der Waals surface area contributed by atoms with Gasteiger partial charge in [0.2, 0.25) is 0 Å². The van der Waals surface area contributed by atoms with E-state index in [1.54, 1.807) is 7.11 Å². The lowest BCUT2D eigenvalue weighted by molar-refractivity contribution is 0.402. The monoisotopic (exact) mass is 235 g/mol. The summed E-state index contributed by atoms with van der Waals surface area (Å²) in [6.45, 7) is 6.57. The number of benzene rings is 1. The topological polar surface area (TPSA) is 35.2 Å². The highest BCUT2D eigenvalue weighted by Gasteiger charge is 2.11. The highest BCUT2D eigenvalue weighted by Crippen LogP contribution is 2.22. The highest BCUT2D eigenvalue weighted by atomic mass is 16.5. The first-order valence-electron chi connectivity index (χ1n) is 6.45. The summed E-state index contributed by atoms with van der Waals surface area (Å²) in [5, 5.41) is 0. The second-order valence-electron chi connectivity index (χ2n) is 5.03. The molecule has 96 valence electrons. The van der Waals surface area contributed by atoms with Gasteiger partial charge in [-0.1, -0.05) is 38.0 Å². The zero-order valence-electron chi connectivity index (χ0n) is 11.5. The van der Waals surface area contributed by atoms with Gasteiger partial charge in [-0.2, -0.15) is 0 Å². The Morgan fingerprint density at radius 1 is 1.35 bits per heavy atom. The maximum atomic E-state index is 6.20. The average Bonchev–Trinajstić information content (AvgIpc) is 2.29. The van der Waals surface area contributed by atoms with Crippen LogP contribution in [0.1, 0.15) is 37.8 Å². The van der Waals surface area contributed by atoms with Gasteiger partial charge >= 0.3 is 0 Å². The molecule has 0 fully saturated rings. The minimum atomic E-state index is 0.223. The number of nitrogens with two attached hydrogens (primary N) is 1. The molecular weight excluding hydrogens is 210 g/mol. The van der Waals surface area contributed by atoms with Crippen LogP contribution in [0.4, 0.5) is 0 Å². The Morgan fingerprint density at radius 3 is 2.65 bits per heavy atom. The number of hydrogen-bond donors (Lipinski definition) is 1. The van der Waals surface area contributed by atoms with Gasteiger partial charge in [0.15, 0.2) is 0 Å². The van der Waals surface area contributed by atoms with Crippen molar-refractivity contribution in [2.24, 2.45) is 11.7 Å². The van der Waals surface area contributed by atoms with Gasteiger partial charge in [0.05, 0.1) is 7.11 Å². The van der Waals surface area contributed by atoms with E-state index in [4.69, 9.17) is 10.5 Å². The summed E-state index contributed by atoms with van der Waals surface area (Å²) in [5.41, 5.74) is 8.69. The molecule has 2 unspecified atom stereocenters. The van der Waals surface area contributed by atoms with Crippen molar-refractivity contribution in [2.45, 2.75) is 46.1 Å². The standard InChI is InChI=1S/C15H25NO/c1-5-11(2)9-14(16)10-13-8-12(3)6-7-15(13)17-4/h6-8,11,14H,5,9-10,16H2,1-4H3. The van der Waals surface area contributed by atoms with Gasteiger partial charge in [0.1, 0.15) is 5.75 Å². The first kappa shape index (κ1) is 14.0. The van der Waals surface area contributed by atoms with Crippen LogP contribution in [-0.4, -0.2) is 13.2 Å². The fourth-order valence-electron chi connectivity index (χ4n) is 2.12. The third-order valence-electron chi connectivity index (χ3n) is 3.32. The zero-order valence-corrected chi connectivity index (χ0v) is 11.5. The lowest BCUT2D eigenvalue weighted by atomic mass is 9.94. The fourth-order valence-corrected chi connectivity index (χ4v) is 2.12. The Morgan fingerprint density at radius 2 is 2.06 bits per heavy atom. The molecule has 0 heterocycles. The summed E-state index contributed by atoms with van der Waals surface area (Å²) >= 11 is 0. The van der Waals surface area contributed by atoms with Crippen molar-refractivity contribution in [2.75, 3.05) is 7.11 Å². The SMILES string of the molecule is CCC(C)CC(N)Cc1cc(C)ccc1OC. The third-order valence-corrected chi connectivity index (χ3v) is 3.32. The molecule has 17 heavy (non-hydrogen) atoms. The molecule has 0 amide bonds. The summed E-state index contributed by atoms with van der Waals surface area (Å²) in [6.07, 6.45) is 3.17. The third kappa shape index (κ3) is 4.39. The van der Waals surface area contributed by atoms with Crippen LogP contribution in [0, 0.1) is 12.8 Å². The van der Waals surface area contributed by atoms with Crippen LogP contribution in [0.15, 0.2) is 18.2 Å². The van der Waals surface area contributed by atoms with Crippen molar-refractivity contribution < 1.29 is 4.74 Å². The molecule has 1 aromatic carbocycles. The molecule has 0 saturated carbocycles. The van der Waals surface area contributed by atoms with Crippen LogP contribution in [-0.2, 0) is 6.42 Å². The van der Waals surface area contributed by atoms with Crippen molar-refractivity contribution in [1.29, 1.82) is 0 Å². The van der Waals surface area contributed by atoms with Crippen LogP contribution in [0.3, 0.4) is 0 Å². The van der Waals surface area contributed by atoms with E-state index in [1.807, 2.05) is 6.07 Å². The van der Waals surface area contributed by atoms with Crippen molar-refractivity contribution in [3.05, 3.63) is 29.3 Å². The largest absolute Gasteiger partial charge is 0.496 e. The van der Waals surface area contributed by atoms with E-state index in [-0.39, 0.29) is 6.04 Å². The minimum absolute atomic E-state index is 0.223. The Bertz CT molecular complexity index is 349. The second-order valence-corrected chi connectivity index (χ2v) is 5.03. The highest BCUT2D eigenvalue weighted by molar-refractivity contribution is 5.37. The fraction of sp³-hybridized carbons (Fsp3) is 0.600. The maximum Gasteiger partial charge on any atom is 0.122 e. The molecule has 2 N–H and O–H groups in total. The summed E-state index contributed by atoms with van der Waals surface area (Å²) in [6, 6.07) is 6.50. The molecule has 1 rings (SSSR count). The lowest BCUT2D eigenvalue weighted by Gasteiger charge is -2.17. The molecule has 0 aliphatic heterocycles. The van der Waals surface area contributed by atoms with Gasteiger partial charge in [0, 0.05) is 6.04 Å². The average molecular weight is 235 g/mol. The molecule has 0 spiro atoms. The van der Waals surface area contributed by atoms with Crippen molar-refractivity contribution in [3.8, 4) is 5.75 Å². The molecule has 0 aliphatic rings. The summed E-state index contributed by atoms with van der Waals surface area (Å²) < 4.78 is 5.38. The maximum absolute atomic E-state index is 6.20. The Kier molecular flexibility index (Phi) is 5.49. The van der Waals surface area contributed by atoms with E-state index in [9.17, 15) is 0 Å². The van der Waals surface area contributed by atoms with Gasteiger partial charge in [-0.25, -0.2) is 0 Å². The number of hydrogen-bond acceptors (Lipinski definition) is 2. The number of aryl methyl sites for hydroxylation is 1. The van der Waals surface area contributed by atoms with E-state index >= 15 is 0 Å². The summed E-state index contributed by atoms with van der Waals surface area (Å²) in [4.78, 5) is 0. The molecule has 0 saturated heterocycles. The van der Waals surface area contributed by atoms with E-state index in [1.165, 1.54) is 17.5 Å². The molecule has 2 atom stereocenters. The first-order valence-corrected chi connectivity index (χ1v) is 6.45. The predicted molar refractivity (Wildman–Crippen MR) is 73.5 cm³/mol. The van der Waals surface area contributed by atoms with E-state index in [2.05, 4.69) is 32.9 Å². The van der Waals surface area contributed by atoms with Gasteiger partial charge < -0.3 is 10.5 Å². The van der Waals surface area contributed by atoms with E-state index < -0.39 is 0 Å². The van der Waals surface area contributed by atoms with Crippen LogP contribution in [0.2, 0.25) is 0 Å². The van der Waals surface area contributed by atoms with Gasteiger partial charge in [0.25, 0.3) is 0 Å². The summed E-state index contributed by atoms with van der Waals surface area (Å²) in [7, 11) is 1.72. The molecule has 0 aromatic heterocycles. The minimum Gasteiger partial charge on any atom is -0.496 e. The molecule has 2 nitrogen and oxygen atoms in total. The van der Waals surface area contributed by atoms with E-state index in [0.29, 0.717) is 5.92 Å². The number of ether oxygens (including phenoxy) is 1. The summed E-state index contributed by atoms with van der Waals surface area (Å²) in [5.74, 6) is 1.65. The van der Waals surface area contributed by atoms with Crippen LogP contribution in [0.25, 0.3) is 0 Å². The Labute approximate surface area is 105 Å². The number of methoxy groups -OCH3 is 1. The zero-order chi connectivity index (χ0) is 12.8. The number of rotatable bonds is 6. The first-order chi connectivity index (χ1) is 8.06. The molecule has 0 bridgehead atoms. The smallest absolute Gasteiger partial charge is 0.122 e. The molecule has 2 heteroatoms. The lowest BCUT2D eigenvalue weighted by Crippen LogP contribution is -2.25. The Hall–Kier alpha value is -1.02. The van der Waals surface area contributed by atoms with Crippen molar-refractivity contribution >= 4 is 0 Å².